The molecule has 0 aliphatic heterocycles. The number of carbonyl (C=O) groups excluding carboxylic acids is 1. The number of pyridine rings is 1. The zero-order valence-electron chi connectivity index (χ0n) is 10.6. The maximum Gasteiger partial charge on any atom is 0.224 e. The second-order valence-electron chi connectivity index (χ2n) is 4.38. The van der Waals surface area contributed by atoms with Gasteiger partial charge in [0.15, 0.2) is 0 Å². The first-order valence-corrected chi connectivity index (χ1v) is 6.88. The number of rotatable bonds is 4. The Balaban J connectivity index is 1.93. The molecule has 0 saturated heterocycles. The van der Waals surface area contributed by atoms with Crippen LogP contribution in [-0.2, 0) is 11.2 Å². The molecule has 19 heavy (non-hydrogen) atoms. The van der Waals surface area contributed by atoms with Crippen molar-refractivity contribution in [2.24, 2.45) is 0 Å². The molecule has 0 fully saturated rings. The monoisotopic (exact) mass is 318 g/mol. The highest BCUT2D eigenvalue weighted by molar-refractivity contribution is 9.10. The number of amides is 1. The van der Waals surface area contributed by atoms with Gasteiger partial charge in [-0.15, -0.1) is 0 Å². The Morgan fingerprint density at radius 3 is 2.68 bits per heavy atom. The summed E-state index contributed by atoms with van der Waals surface area (Å²) in [6, 6.07) is 11.6. The summed E-state index contributed by atoms with van der Waals surface area (Å²) >= 11 is 3.38. The van der Waals surface area contributed by atoms with Gasteiger partial charge < -0.3 is 5.32 Å². The number of nitrogens with zero attached hydrogens (tertiary/aromatic N) is 1. The zero-order chi connectivity index (χ0) is 13.7. The first-order valence-electron chi connectivity index (χ1n) is 6.09. The Labute approximate surface area is 121 Å². The largest absolute Gasteiger partial charge is 0.349 e. The lowest BCUT2D eigenvalue weighted by atomic mass is 10.1. The van der Waals surface area contributed by atoms with Crippen LogP contribution in [0.5, 0.6) is 0 Å². The molecule has 0 saturated carbocycles. The van der Waals surface area contributed by atoms with Gasteiger partial charge >= 0.3 is 0 Å². The maximum atomic E-state index is 11.9. The number of hydrogen-bond acceptors (Lipinski definition) is 2. The van der Waals surface area contributed by atoms with Gasteiger partial charge in [-0.25, -0.2) is 0 Å². The molecule has 0 unspecified atom stereocenters. The molecule has 1 amide bonds. The summed E-state index contributed by atoms with van der Waals surface area (Å²) in [5, 5.41) is 2.97. The van der Waals surface area contributed by atoms with E-state index in [1.165, 1.54) is 0 Å². The summed E-state index contributed by atoms with van der Waals surface area (Å²) in [7, 11) is 0. The van der Waals surface area contributed by atoms with Gasteiger partial charge in [0.25, 0.3) is 0 Å². The van der Waals surface area contributed by atoms with Gasteiger partial charge in [-0.1, -0.05) is 34.1 Å². The van der Waals surface area contributed by atoms with Gasteiger partial charge in [-0.3, -0.25) is 9.78 Å². The fourth-order valence-electron chi connectivity index (χ4n) is 1.80. The predicted octanol–water partition coefficient (Wildman–Crippen LogP) is 3.26. The number of carbonyl (C=O) groups is 1. The van der Waals surface area contributed by atoms with E-state index in [-0.39, 0.29) is 11.9 Å². The van der Waals surface area contributed by atoms with Crippen molar-refractivity contribution in [2.75, 3.05) is 0 Å². The molecule has 1 aromatic carbocycles. The van der Waals surface area contributed by atoms with Crippen molar-refractivity contribution < 1.29 is 4.79 Å². The van der Waals surface area contributed by atoms with Crippen molar-refractivity contribution in [1.82, 2.24) is 10.3 Å². The van der Waals surface area contributed by atoms with E-state index < -0.39 is 0 Å². The highest BCUT2D eigenvalue weighted by atomic mass is 79.9. The van der Waals surface area contributed by atoms with Gasteiger partial charge in [0.2, 0.25) is 5.91 Å². The van der Waals surface area contributed by atoms with E-state index in [4.69, 9.17) is 0 Å². The number of hydrogen-bond donors (Lipinski definition) is 1. The SMILES string of the molecule is C[C@H](NC(=O)Cc1ccc(Br)cc1)c1cccnc1. The van der Waals surface area contributed by atoms with Crippen LogP contribution >= 0.6 is 15.9 Å². The molecule has 0 aliphatic carbocycles. The molecule has 3 nitrogen and oxygen atoms in total. The molecule has 0 spiro atoms. The van der Waals surface area contributed by atoms with E-state index in [1.807, 2.05) is 43.3 Å². The molecule has 0 aliphatic rings. The van der Waals surface area contributed by atoms with Crippen LogP contribution in [0.1, 0.15) is 24.1 Å². The lowest BCUT2D eigenvalue weighted by Crippen LogP contribution is -2.28. The molecule has 1 aromatic heterocycles. The third kappa shape index (κ3) is 4.17. The van der Waals surface area contributed by atoms with Crippen molar-refractivity contribution in [3.63, 3.8) is 0 Å². The minimum absolute atomic E-state index is 0.0127. The van der Waals surface area contributed by atoms with Crippen molar-refractivity contribution in [3.8, 4) is 0 Å². The van der Waals surface area contributed by atoms with Gasteiger partial charge in [-0.2, -0.15) is 0 Å². The van der Waals surface area contributed by atoms with Gasteiger partial charge in [0.05, 0.1) is 12.5 Å². The topological polar surface area (TPSA) is 42.0 Å². The van der Waals surface area contributed by atoms with Crippen molar-refractivity contribution in [1.29, 1.82) is 0 Å². The van der Waals surface area contributed by atoms with Crippen LogP contribution in [-0.4, -0.2) is 10.9 Å². The number of benzene rings is 1. The van der Waals surface area contributed by atoms with Gasteiger partial charge in [0.1, 0.15) is 0 Å². The van der Waals surface area contributed by atoms with Crippen molar-refractivity contribution >= 4 is 21.8 Å². The molecule has 4 heteroatoms. The normalized spacial score (nSPS) is 11.9. The zero-order valence-corrected chi connectivity index (χ0v) is 12.2. The van der Waals surface area contributed by atoms with Crippen molar-refractivity contribution in [2.45, 2.75) is 19.4 Å². The summed E-state index contributed by atoms with van der Waals surface area (Å²) in [6.07, 6.45) is 3.88. The summed E-state index contributed by atoms with van der Waals surface area (Å²) in [6.45, 7) is 1.95. The van der Waals surface area contributed by atoms with E-state index >= 15 is 0 Å². The number of halogens is 1. The Bertz CT molecular complexity index is 540. The molecule has 98 valence electrons. The summed E-state index contributed by atoms with van der Waals surface area (Å²) in [5.74, 6) is 0.0127. The Kier molecular flexibility index (Phi) is 4.68. The molecule has 0 radical (unpaired) electrons. The van der Waals surface area contributed by atoms with Crippen LogP contribution in [0.3, 0.4) is 0 Å². The van der Waals surface area contributed by atoms with Crippen LogP contribution < -0.4 is 5.32 Å². The smallest absolute Gasteiger partial charge is 0.224 e. The van der Waals surface area contributed by atoms with Crippen LogP contribution in [0.15, 0.2) is 53.3 Å². The lowest BCUT2D eigenvalue weighted by Gasteiger charge is -2.13. The number of nitrogens with one attached hydrogen (secondary N) is 1. The van der Waals surface area contributed by atoms with Crippen LogP contribution in [0.2, 0.25) is 0 Å². The first-order chi connectivity index (χ1) is 9.15. The van der Waals surface area contributed by atoms with Crippen LogP contribution in [0, 0.1) is 0 Å². The average molecular weight is 319 g/mol. The van der Waals surface area contributed by atoms with Gasteiger partial charge in [0, 0.05) is 16.9 Å². The lowest BCUT2D eigenvalue weighted by molar-refractivity contribution is -0.121. The summed E-state index contributed by atoms with van der Waals surface area (Å²) in [4.78, 5) is 16.0. The van der Waals surface area contributed by atoms with E-state index in [2.05, 4.69) is 26.2 Å². The molecule has 0 bridgehead atoms. The predicted molar refractivity (Wildman–Crippen MR) is 78.6 cm³/mol. The fourth-order valence-corrected chi connectivity index (χ4v) is 2.06. The molecular weight excluding hydrogens is 304 g/mol. The minimum atomic E-state index is -0.0309. The molecule has 1 atom stereocenters. The molecule has 2 rings (SSSR count). The Morgan fingerprint density at radius 2 is 2.05 bits per heavy atom. The Hall–Kier alpha value is -1.68. The first kappa shape index (κ1) is 13.7. The van der Waals surface area contributed by atoms with Gasteiger partial charge in [-0.05, 0) is 36.2 Å². The Morgan fingerprint density at radius 1 is 1.32 bits per heavy atom. The third-order valence-corrected chi connectivity index (χ3v) is 3.37. The second-order valence-corrected chi connectivity index (χ2v) is 5.29. The molecular formula is C15H15BrN2O. The molecule has 2 aromatic rings. The number of aromatic nitrogens is 1. The average Bonchev–Trinajstić information content (AvgIpc) is 2.42. The molecule has 1 N–H and O–H groups in total. The highest BCUT2D eigenvalue weighted by Gasteiger charge is 2.09. The summed E-state index contributed by atoms with van der Waals surface area (Å²) < 4.78 is 1.01. The standard InChI is InChI=1S/C15H15BrN2O/c1-11(13-3-2-8-17-10-13)18-15(19)9-12-4-6-14(16)7-5-12/h2-8,10-11H,9H2,1H3,(H,18,19)/t11-/m0/s1. The maximum absolute atomic E-state index is 11.9. The van der Waals surface area contributed by atoms with E-state index in [1.54, 1.807) is 12.4 Å². The second kappa shape index (κ2) is 6.48. The molecule has 1 heterocycles. The van der Waals surface area contributed by atoms with E-state index in [0.29, 0.717) is 6.42 Å². The van der Waals surface area contributed by atoms with E-state index in [9.17, 15) is 4.79 Å². The van der Waals surface area contributed by atoms with Crippen LogP contribution in [0.4, 0.5) is 0 Å². The van der Waals surface area contributed by atoms with Crippen LogP contribution in [0.25, 0.3) is 0 Å². The highest BCUT2D eigenvalue weighted by Crippen LogP contribution is 2.12. The summed E-state index contributed by atoms with van der Waals surface area (Å²) in [5.41, 5.74) is 2.01. The quantitative estimate of drug-likeness (QED) is 0.940. The van der Waals surface area contributed by atoms with Crippen molar-refractivity contribution in [3.05, 3.63) is 64.4 Å². The fraction of sp³-hybridized carbons (Fsp3) is 0.200. The van der Waals surface area contributed by atoms with E-state index in [0.717, 1.165) is 15.6 Å². The minimum Gasteiger partial charge on any atom is -0.349 e. The third-order valence-electron chi connectivity index (χ3n) is 2.84.